The zero-order valence-corrected chi connectivity index (χ0v) is 11.1. The third kappa shape index (κ3) is 2.94. The lowest BCUT2D eigenvalue weighted by Crippen LogP contribution is -2.27. The molecule has 0 saturated carbocycles. The van der Waals surface area contributed by atoms with E-state index in [4.69, 9.17) is 10.5 Å². The fraction of sp³-hybridized carbons (Fsp3) is 0.231. The van der Waals surface area contributed by atoms with E-state index in [1.807, 2.05) is 0 Å². The summed E-state index contributed by atoms with van der Waals surface area (Å²) in [7, 11) is 3.09. The predicted octanol–water partition coefficient (Wildman–Crippen LogP) is 1.21. The lowest BCUT2D eigenvalue weighted by molar-refractivity contribution is -0.117. The van der Waals surface area contributed by atoms with Gasteiger partial charge < -0.3 is 15.8 Å². The molecule has 6 nitrogen and oxygen atoms in total. The van der Waals surface area contributed by atoms with Crippen LogP contribution in [-0.2, 0) is 11.8 Å². The van der Waals surface area contributed by atoms with Gasteiger partial charge in [-0.2, -0.15) is 5.10 Å². The van der Waals surface area contributed by atoms with Crippen molar-refractivity contribution in [2.24, 2.45) is 12.8 Å². The highest BCUT2D eigenvalue weighted by Gasteiger charge is 2.18. The molecule has 0 saturated heterocycles. The van der Waals surface area contributed by atoms with E-state index < -0.39 is 17.8 Å². The molecule has 1 atom stereocenters. The molecule has 0 spiro atoms. The maximum absolute atomic E-state index is 13.3. The van der Waals surface area contributed by atoms with E-state index >= 15 is 0 Å². The van der Waals surface area contributed by atoms with Crippen LogP contribution < -0.4 is 15.8 Å². The molecule has 0 aliphatic carbocycles. The Hall–Kier alpha value is -2.41. The summed E-state index contributed by atoms with van der Waals surface area (Å²) in [4.78, 5) is 12.0. The Morgan fingerprint density at radius 3 is 2.90 bits per heavy atom. The second-order valence-corrected chi connectivity index (χ2v) is 4.26. The summed E-state index contributed by atoms with van der Waals surface area (Å²) in [6.45, 7) is 0. The van der Waals surface area contributed by atoms with Gasteiger partial charge in [0.15, 0.2) is 11.6 Å². The molecule has 0 fully saturated rings. The lowest BCUT2D eigenvalue weighted by Gasteiger charge is -2.11. The van der Waals surface area contributed by atoms with E-state index in [0.29, 0.717) is 11.3 Å². The molecule has 1 aromatic carbocycles. The van der Waals surface area contributed by atoms with Gasteiger partial charge in [-0.25, -0.2) is 4.39 Å². The van der Waals surface area contributed by atoms with E-state index in [1.165, 1.54) is 31.5 Å². The number of aromatic nitrogens is 2. The molecule has 1 unspecified atom stereocenters. The number of nitrogens with two attached hydrogens (primary N) is 1. The number of aryl methyl sites for hydroxylation is 1. The van der Waals surface area contributed by atoms with Crippen molar-refractivity contribution in [2.45, 2.75) is 6.04 Å². The Labute approximate surface area is 115 Å². The molecule has 0 aliphatic rings. The first kappa shape index (κ1) is 14.0. The predicted molar refractivity (Wildman–Crippen MR) is 71.7 cm³/mol. The average molecular weight is 278 g/mol. The molecule has 20 heavy (non-hydrogen) atoms. The number of carbonyl (C=O) groups excluding carboxylic acids is 1. The molecule has 0 aliphatic heterocycles. The Kier molecular flexibility index (Phi) is 3.99. The van der Waals surface area contributed by atoms with Crippen molar-refractivity contribution < 1.29 is 13.9 Å². The monoisotopic (exact) mass is 278 g/mol. The van der Waals surface area contributed by atoms with Crippen molar-refractivity contribution in [1.29, 1.82) is 0 Å². The summed E-state index contributed by atoms with van der Waals surface area (Å²) in [5.74, 6) is -0.855. The van der Waals surface area contributed by atoms with Crippen LogP contribution >= 0.6 is 0 Å². The van der Waals surface area contributed by atoms with Crippen LogP contribution in [0.25, 0.3) is 0 Å². The second-order valence-electron chi connectivity index (χ2n) is 4.26. The van der Waals surface area contributed by atoms with Crippen molar-refractivity contribution in [3.05, 3.63) is 42.0 Å². The first-order valence-electron chi connectivity index (χ1n) is 5.90. The van der Waals surface area contributed by atoms with Gasteiger partial charge in [0, 0.05) is 30.6 Å². The number of methoxy groups -OCH3 is 1. The molecule has 1 heterocycles. The molecular formula is C13H15FN4O2. The second kappa shape index (κ2) is 5.70. The van der Waals surface area contributed by atoms with Gasteiger partial charge in [0.05, 0.1) is 13.3 Å². The number of anilines is 1. The number of amides is 1. The van der Waals surface area contributed by atoms with E-state index in [-0.39, 0.29) is 5.75 Å². The van der Waals surface area contributed by atoms with E-state index in [1.54, 1.807) is 17.9 Å². The molecule has 2 rings (SSSR count). The zero-order valence-electron chi connectivity index (χ0n) is 11.1. The van der Waals surface area contributed by atoms with Crippen LogP contribution in [0.5, 0.6) is 5.75 Å². The fourth-order valence-corrected chi connectivity index (χ4v) is 1.71. The molecule has 0 bridgehead atoms. The van der Waals surface area contributed by atoms with Gasteiger partial charge in [-0.05, 0) is 12.1 Å². The highest BCUT2D eigenvalue weighted by atomic mass is 19.1. The highest BCUT2D eigenvalue weighted by molar-refractivity contribution is 5.95. The quantitative estimate of drug-likeness (QED) is 0.880. The number of hydrogen-bond acceptors (Lipinski definition) is 4. The Balaban J connectivity index is 2.11. The number of halogens is 1. The molecule has 106 valence electrons. The number of nitrogens with zero attached hydrogens (tertiary/aromatic N) is 2. The number of carbonyl (C=O) groups is 1. The normalized spacial score (nSPS) is 12.0. The largest absolute Gasteiger partial charge is 0.494 e. The van der Waals surface area contributed by atoms with Crippen LogP contribution in [0.3, 0.4) is 0 Å². The smallest absolute Gasteiger partial charge is 0.246 e. The zero-order chi connectivity index (χ0) is 14.7. The minimum Gasteiger partial charge on any atom is -0.494 e. The maximum Gasteiger partial charge on any atom is 0.246 e. The lowest BCUT2D eigenvalue weighted by atomic mass is 10.1. The Morgan fingerprint density at radius 2 is 2.30 bits per heavy atom. The maximum atomic E-state index is 13.3. The van der Waals surface area contributed by atoms with Crippen molar-refractivity contribution in [1.82, 2.24) is 9.78 Å². The number of ether oxygens (including phenoxy) is 1. The Bertz CT molecular complexity index is 627. The molecule has 1 amide bonds. The summed E-state index contributed by atoms with van der Waals surface area (Å²) < 4.78 is 19.7. The van der Waals surface area contributed by atoms with Crippen molar-refractivity contribution in [2.75, 3.05) is 12.4 Å². The molecule has 0 radical (unpaired) electrons. The summed E-state index contributed by atoms with van der Waals surface area (Å²) in [5.41, 5.74) is 6.84. The van der Waals surface area contributed by atoms with Gasteiger partial charge >= 0.3 is 0 Å². The van der Waals surface area contributed by atoms with Crippen LogP contribution in [0.1, 0.15) is 11.6 Å². The van der Waals surface area contributed by atoms with E-state index in [9.17, 15) is 9.18 Å². The van der Waals surface area contributed by atoms with E-state index in [0.717, 1.165) is 0 Å². The Morgan fingerprint density at radius 1 is 1.55 bits per heavy atom. The van der Waals surface area contributed by atoms with Gasteiger partial charge in [0.25, 0.3) is 0 Å². The molecule has 7 heteroatoms. The van der Waals surface area contributed by atoms with Crippen LogP contribution in [0, 0.1) is 5.82 Å². The van der Waals surface area contributed by atoms with Gasteiger partial charge in [0.2, 0.25) is 5.91 Å². The minimum absolute atomic E-state index is 0.0535. The van der Waals surface area contributed by atoms with Crippen molar-refractivity contribution in [3.8, 4) is 5.75 Å². The number of nitrogens with one attached hydrogen (secondary N) is 1. The number of hydrogen-bond donors (Lipinski definition) is 2. The van der Waals surface area contributed by atoms with Gasteiger partial charge in [-0.3, -0.25) is 9.48 Å². The first-order valence-corrected chi connectivity index (χ1v) is 5.90. The summed E-state index contributed by atoms with van der Waals surface area (Å²) in [6.07, 6.45) is 3.19. The summed E-state index contributed by atoms with van der Waals surface area (Å²) in [5, 5.41) is 6.56. The fourth-order valence-electron chi connectivity index (χ4n) is 1.71. The van der Waals surface area contributed by atoms with Crippen molar-refractivity contribution >= 4 is 11.6 Å². The van der Waals surface area contributed by atoms with Crippen LogP contribution in [0.4, 0.5) is 10.1 Å². The van der Waals surface area contributed by atoms with Crippen LogP contribution in [-0.4, -0.2) is 22.8 Å². The molecule has 2 aromatic rings. The molecule has 3 N–H and O–H groups in total. The third-order valence-corrected chi connectivity index (χ3v) is 2.79. The van der Waals surface area contributed by atoms with Crippen LogP contribution in [0.15, 0.2) is 30.6 Å². The molecule has 1 aromatic heterocycles. The van der Waals surface area contributed by atoms with Gasteiger partial charge in [-0.15, -0.1) is 0 Å². The van der Waals surface area contributed by atoms with Gasteiger partial charge in [0.1, 0.15) is 6.04 Å². The number of rotatable bonds is 4. The SMILES string of the molecule is COc1cc(NC(=O)C(N)c2cnn(C)c2)ccc1F. The summed E-state index contributed by atoms with van der Waals surface area (Å²) >= 11 is 0. The van der Waals surface area contributed by atoms with E-state index in [2.05, 4.69) is 10.4 Å². The van der Waals surface area contributed by atoms with Gasteiger partial charge in [-0.1, -0.05) is 0 Å². The van der Waals surface area contributed by atoms with Crippen LogP contribution in [0.2, 0.25) is 0 Å². The minimum atomic E-state index is -0.847. The topological polar surface area (TPSA) is 82.2 Å². The average Bonchev–Trinajstić information content (AvgIpc) is 2.86. The highest BCUT2D eigenvalue weighted by Crippen LogP contribution is 2.22. The third-order valence-electron chi connectivity index (χ3n) is 2.79. The first-order chi connectivity index (χ1) is 9.51. The standard InChI is InChI=1S/C13H15FN4O2/c1-18-7-8(6-16-18)12(15)13(19)17-9-3-4-10(14)11(5-9)20-2/h3-7,12H,15H2,1-2H3,(H,17,19). The van der Waals surface area contributed by atoms with Crippen molar-refractivity contribution in [3.63, 3.8) is 0 Å². The molecular weight excluding hydrogens is 263 g/mol. The summed E-state index contributed by atoms with van der Waals surface area (Å²) in [6, 6.07) is 3.19. The number of benzene rings is 1.